The van der Waals surface area contributed by atoms with Crippen molar-refractivity contribution in [2.24, 2.45) is 0 Å². The Morgan fingerprint density at radius 2 is 2.10 bits per heavy atom. The van der Waals surface area contributed by atoms with Crippen molar-refractivity contribution in [1.29, 1.82) is 5.41 Å². The quantitative estimate of drug-likeness (QED) is 0.623. The number of rotatable bonds is 6. The lowest BCUT2D eigenvalue weighted by atomic mass is 9.91. The van der Waals surface area contributed by atoms with Gasteiger partial charge in [0.15, 0.2) is 0 Å². The van der Waals surface area contributed by atoms with E-state index < -0.39 is 0 Å². The van der Waals surface area contributed by atoms with E-state index in [-0.39, 0.29) is 18.2 Å². The summed E-state index contributed by atoms with van der Waals surface area (Å²) in [5, 5.41) is 14.8. The Hall–Kier alpha value is -2.54. The molecular formula is C23H32N4O3. The average molecular weight is 413 g/mol. The van der Waals surface area contributed by atoms with E-state index >= 15 is 0 Å². The molecule has 7 heteroatoms. The van der Waals surface area contributed by atoms with Crippen LogP contribution < -0.4 is 20.3 Å². The highest BCUT2D eigenvalue weighted by Crippen LogP contribution is 2.43. The lowest BCUT2D eigenvalue weighted by Gasteiger charge is -2.37. The van der Waals surface area contributed by atoms with Gasteiger partial charge in [0.2, 0.25) is 0 Å². The first-order valence-electron chi connectivity index (χ1n) is 10.9. The molecule has 3 N–H and O–H groups in total. The van der Waals surface area contributed by atoms with E-state index in [1.54, 1.807) is 4.90 Å². The predicted octanol–water partition coefficient (Wildman–Crippen LogP) is 3.47. The molecule has 3 atom stereocenters. The molecule has 1 amide bonds. The van der Waals surface area contributed by atoms with Crippen molar-refractivity contribution < 1.29 is 14.3 Å². The molecule has 2 heterocycles. The maximum absolute atomic E-state index is 12.5. The summed E-state index contributed by atoms with van der Waals surface area (Å²) in [7, 11) is 1.42. The summed E-state index contributed by atoms with van der Waals surface area (Å²) in [5.74, 6) is 0.814. The van der Waals surface area contributed by atoms with Crippen LogP contribution in [0.3, 0.4) is 0 Å². The molecule has 1 aromatic carbocycles. The minimum Gasteiger partial charge on any atom is -0.489 e. The number of amides is 1. The number of methoxy groups -OCH3 is 1. The van der Waals surface area contributed by atoms with E-state index in [0.717, 1.165) is 60.4 Å². The fraction of sp³-hybridized carbons (Fsp3) is 0.565. The molecule has 162 valence electrons. The van der Waals surface area contributed by atoms with Crippen molar-refractivity contribution in [3.8, 4) is 5.75 Å². The number of carbonyl (C=O) groups excluding carboxylic acids is 1. The molecule has 1 saturated carbocycles. The second kappa shape index (κ2) is 8.68. The maximum atomic E-state index is 12.5. The van der Waals surface area contributed by atoms with E-state index in [0.29, 0.717) is 12.1 Å². The van der Waals surface area contributed by atoms with E-state index in [1.807, 2.05) is 25.3 Å². The van der Waals surface area contributed by atoms with Crippen LogP contribution in [-0.2, 0) is 11.2 Å². The van der Waals surface area contributed by atoms with Gasteiger partial charge in [-0.05, 0) is 58.1 Å². The molecule has 1 saturated heterocycles. The summed E-state index contributed by atoms with van der Waals surface area (Å²) in [6.45, 7) is 5.11. The molecule has 1 aliphatic carbocycles. The van der Waals surface area contributed by atoms with E-state index in [4.69, 9.17) is 14.9 Å². The van der Waals surface area contributed by atoms with Gasteiger partial charge < -0.3 is 25.5 Å². The van der Waals surface area contributed by atoms with E-state index in [1.165, 1.54) is 19.7 Å². The fourth-order valence-electron chi connectivity index (χ4n) is 4.27. The topological polar surface area (TPSA) is 86.7 Å². The minimum atomic E-state index is -0.346. The van der Waals surface area contributed by atoms with Crippen molar-refractivity contribution in [1.82, 2.24) is 10.6 Å². The van der Waals surface area contributed by atoms with Gasteiger partial charge in [-0.3, -0.25) is 4.90 Å². The summed E-state index contributed by atoms with van der Waals surface area (Å²) in [4.78, 5) is 14.2. The van der Waals surface area contributed by atoms with Gasteiger partial charge in [0, 0.05) is 47.7 Å². The van der Waals surface area contributed by atoms with Gasteiger partial charge in [-0.1, -0.05) is 0 Å². The lowest BCUT2D eigenvalue weighted by Crippen LogP contribution is -2.61. The molecule has 2 aliphatic heterocycles. The molecule has 3 aliphatic rings. The molecule has 2 fully saturated rings. The number of benzene rings is 1. The summed E-state index contributed by atoms with van der Waals surface area (Å²) in [5.41, 5.74) is 3.58. The second-order valence-electron chi connectivity index (χ2n) is 8.55. The molecule has 0 spiro atoms. The van der Waals surface area contributed by atoms with Crippen molar-refractivity contribution in [3.63, 3.8) is 0 Å². The van der Waals surface area contributed by atoms with Crippen LogP contribution in [0.5, 0.6) is 5.75 Å². The van der Waals surface area contributed by atoms with Crippen LogP contribution in [0.25, 0.3) is 5.57 Å². The number of ether oxygens (including phenoxy) is 2. The third-order valence-corrected chi connectivity index (χ3v) is 6.64. The number of carbonyl (C=O) groups is 1. The maximum Gasteiger partial charge on any atom is 0.414 e. The summed E-state index contributed by atoms with van der Waals surface area (Å²) in [6, 6.07) is 4.79. The average Bonchev–Trinajstić information content (AvgIpc) is 2.72. The van der Waals surface area contributed by atoms with Gasteiger partial charge in [0.1, 0.15) is 5.75 Å². The number of hydrogen-bond donors (Lipinski definition) is 3. The molecule has 4 rings (SSSR count). The van der Waals surface area contributed by atoms with Crippen LogP contribution >= 0.6 is 0 Å². The number of fused-ring (bicyclic) bond motifs is 1. The Morgan fingerprint density at radius 1 is 1.30 bits per heavy atom. The Bertz CT molecular complexity index is 849. The third kappa shape index (κ3) is 3.78. The van der Waals surface area contributed by atoms with Crippen LogP contribution in [0.4, 0.5) is 10.5 Å². The Kier molecular flexibility index (Phi) is 5.99. The second-order valence-corrected chi connectivity index (χ2v) is 8.55. The molecule has 2 unspecified atom stereocenters. The molecule has 30 heavy (non-hydrogen) atoms. The van der Waals surface area contributed by atoms with Crippen LogP contribution in [0.1, 0.15) is 50.7 Å². The monoisotopic (exact) mass is 412 g/mol. The van der Waals surface area contributed by atoms with Crippen LogP contribution in [0.2, 0.25) is 0 Å². The van der Waals surface area contributed by atoms with Crippen molar-refractivity contribution in [2.45, 2.75) is 70.2 Å². The number of nitrogens with one attached hydrogen (secondary N) is 3. The normalized spacial score (nSPS) is 26.2. The van der Waals surface area contributed by atoms with Crippen LogP contribution in [-0.4, -0.2) is 50.2 Å². The SMILES string of the molecule is COC(=O)N1c2ccc(/C(C=N)=C/NC3CNC3C)c(OC3CCC3)c2CC[C@@H]1C. The number of anilines is 1. The number of allylic oxidation sites excluding steroid dienone is 1. The zero-order valence-electron chi connectivity index (χ0n) is 18.0. The van der Waals surface area contributed by atoms with Gasteiger partial charge >= 0.3 is 6.09 Å². The molecule has 0 aromatic heterocycles. The van der Waals surface area contributed by atoms with E-state index in [9.17, 15) is 4.79 Å². The highest BCUT2D eigenvalue weighted by molar-refractivity contribution is 6.10. The zero-order chi connectivity index (χ0) is 21.3. The summed E-state index contributed by atoms with van der Waals surface area (Å²) < 4.78 is 11.5. The minimum absolute atomic E-state index is 0.0689. The van der Waals surface area contributed by atoms with Crippen molar-refractivity contribution in [2.75, 3.05) is 18.6 Å². The highest BCUT2D eigenvalue weighted by atomic mass is 16.5. The Balaban J connectivity index is 1.73. The Morgan fingerprint density at radius 3 is 2.67 bits per heavy atom. The molecule has 0 bridgehead atoms. The highest BCUT2D eigenvalue weighted by Gasteiger charge is 2.33. The largest absolute Gasteiger partial charge is 0.489 e. The van der Waals surface area contributed by atoms with Crippen molar-refractivity contribution in [3.05, 3.63) is 29.5 Å². The first-order chi connectivity index (χ1) is 14.5. The van der Waals surface area contributed by atoms with Crippen LogP contribution in [0.15, 0.2) is 18.3 Å². The molecule has 7 nitrogen and oxygen atoms in total. The lowest BCUT2D eigenvalue weighted by molar-refractivity contribution is 0.118. The van der Waals surface area contributed by atoms with Crippen molar-refractivity contribution >= 4 is 23.6 Å². The number of nitrogens with zero attached hydrogens (tertiary/aromatic N) is 1. The Labute approximate surface area is 178 Å². The van der Waals surface area contributed by atoms with E-state index in [2.05, 4.69) is 17.6 Å². The summed E-state index contributed by atoms with van der Waals surface area (Å²) in [6.07, 6.45) is 8.12. The first-order valence-corrected chi connectivity index (χ1v) is 10.9. The van der Waals surface area contributed by atoms with Gasteiger partial charge in [0.05, 0.1) is 24.9 Å². The first kappa shape index (κ1) is 20.7. The molecule has 1 aromatic rings. The van der Waals surface area contributed by atoms with Gasteiger partial charge in [-0.2, -0.15) is 0 Å². The fourth-order valence-corrected chi connectivity index (χ4v) is 4.27. The van der Waals surface area contributed by atoms with Gasteiger partial charge in [0.25, 0.3) is 0 Å². The predicted molar refractivity (Wildman–Crippen MR) is 119 cm³/mol. The van der Waals surface area contributed by atoms with Crippen LogP contribution in [0, 0.1) is 5.41 Å². The molecule has 0 radical (unpaired) electrons. The zero-order valence-corrected chi connectivity index (χ0v) is 18.0. The smallest absolute Gasteiger partial charge is 0.414 e. The van der Waals surface area contributed by atoms with Gasteiger partial charge in [-0.25, -0.2) is 4.79 Å². The van der Waals surface area contributed by atoms with Gasteiger partial charge in [-0.15, -0.1) is 0 Å². The standard InChI is InChI=1S/C23H32N4O3/c1-14-7-8-19-21(27(14)23(28)29-3)10-9-18(22(19)30-17-5-4-6-17)16(11-24)12-26-20-13-25-15(20)2/h9-12,14-15,17,20,24-26H,4-8,13H2,1-3H3/b16-12+,24-11?/t14-,15?,20?/m0/s1. The third-order valence-electron chi connectivity index (χ3n) is 6.64. The molecular weight excluding hydrogens is 380 g/mol. The number of hydrogen-bond acceptors (Lipinski definition) is 6. The summed E-state index contributed by atoms with van der Waals surface area (Å²) >= 11 is 0.